The molecule has 0 unspecified atom stereocenters. The Kier molecular flexibility index (Phi) is 1.81. The summed E-state index contributed by atoms with van der Waals surface area (Å²) < 4.78 is 23.0. The van der Waals surface area contributed by atoms with E-state index in [1.54, 1.807) is 0 Å². The quantitative estimate of drug-likeness (QED) is 0.503. The molecule has 1 aromatic heterocycles. The van der Waals surface area contributed by atoms with Gasteiger partial charge in [-0.05, 0) is 4.92 Å². The number of rotatable bonds is 2. The molecular weight excluding hydrogens is 210 g/mol. The van der Waals surface area contributed by atoms with Gasteiger partial charge < -0.3 is 10.1 Å². The van der Waals surface area contributed by atoms with Gasteiger partial charge in [0, 0.05) is 0 Å². The summed E-state index contributed by atoms with van der Waals surface area (Å²) in [5, 5.41) is 10.5. The number of aromatic nitrogens is 2. The molecule has 1 aromatic rings. The van der Waals surface area contributed by atoms with Gasteiger partial charge in [-0.1, -0.05) is 0 Å². The van der Waals surface area contributed by atoms with Gasteiger partial charge in [0.1, 0.15) is 12.2 Å². The van der Waals surface area contributed by atoms with Crippen LogP contribution < -0.4 is 0 Å². The van der Waals surface area contributed by atoms with E-state index < -0.39 is 14.8 Å². The van der Waals surface area contributed by atoms with Crippen molar-refractivity contribution in [3.63, 3.8) is 0 Å². The molecule has 0 spiro atoms. The van der Waals surface area contributed by atoms with E-state index in [-0.39, 0.29) is 23.4 Å². The second-order valence-corrected chi connectivity index (χ2v) is 5.30. The first-order valence-corrected chi connectivity index (χ1v) is 5.68. The molecule has 0 radical (unpaired) electrons. The average Bonchev–Trinajstić information content (AvgIpc) is 2.46. The topological polar surface area (TPSA) is 95.1 Å². The van der Waals surface area contributed by atoms with Gasteiger partial charge in [-0.2, -0.15) is 0 Å². The Hall–Kier alpha value is -1.44. The maximum atomic E-state index is 10.9. The van der Waals surface area contributed by atoms with Gasteiger partial charge in [-0.3, -0.25) is 0 Å². The van der Waals surface area contributed by atoms with Gasteiger partial charge in [0.15, 0.2) is 16.2 Å². The lowest BCUT2D eigenvalue weighted by molar-refractivity contribution is -0.392. The number of hydrogen-bond acceptors (Lipinski definition) is 5. The summed E-state index contributed by atoms with van der Waals surface area (Å²) in [5.41, 5.74) is 0. The van der Waals surface area contributed by atoms with Crippen LogP contribution >= 0.6 is 0 Å². The third-order valence-electron chi connectivity index (χ3n) is 2.12. The lowest BCUT2D eigenvalue weighted by atomic mass is 10.3. The molecule has 1 saturated heterocycles. The summed E-state index contributed by atoms with van der Waals surface area (Å²) >= 11 is 0. The van der Waals surface area contributed by atoms with Crippen molar-refractivity contribution in [2.45, 2.75) is 6.04 Å². The summed E-state index contributed by atoms with van der Waals surface area (Å²) in [6, 6.07) is -0.331. The molecule has 0 atom stereocenters. The Morgan fingerprint density at radius 2 is 2.21 bits per heavy atom. The van der Waals surface area contributed by atoms with E-state index >= 15 is 0 Å². The highest BCUT2D eigenvalue weighted by Crippen LogP contribution is 2.27. The Bertz CT molecular complexity index is 465. The van der Waals surface area contributed by atoms with E-state index in [0.717, 1.165) is 6.20 Å². The Labute approximate surface area is 79.4 Å². The molecule has 2 rings (SSSR count). The molecule has 1 aliphatic heterocycles. The molecule has 0 amide bonds. The minimum atomic E-state index is -2.97. The molecule has 0 saturated carbocycles. The number of nitro groups is 1. The van der Waals surface area contributed by atoms with E-state index in [9.17, 15) is 18.5 Å². The molecule has 1 aliphatic rings. The van der Waals surface area contributed by atoms with Crippen LogP contribution in [0.15, 0.2) is 12.5 Å². The predicted octanol–water partition coefficient (Wildman–Crippen LogP) is -0.239. The number of nitrogens with zero attached hydrogens (tertiary/aromatic N) is 3. The molecule has 1 fully saturated rings. The minimum absolute atomic E-state index is 0.0375. The maximum Gasteiger partial charge on any atom is 0.342 e. The lowest BCUT2D eigenvalue weighted by Gasteiger charge is -2.22. The van der Waals surface area contributed by atoms with Crippen molar-refractivity contribution in [1.82, 2.24) is 9.55 Å². The maximum absolute atomic E-state index is 10.9. The second-order valence-electron chi connectivity index (χ2n) is 3.15. The lowest BCUT2D eigenvalue weighted by Crippen LogP contribution is -2.38. The summed E-state index contributed by atoms with van der Waals surface area (Å²) in [7, 11) is -2.97. The first-order valence-electron chi connectivity index (χ1n) is 3.86. The van der Waals surface area contributed by atoms with E-state index in [4.69, 9.17) is 0 Å². The Morgan fingerprint density at radius 1 is 1.57 bits per heavy atom. The zero-order valence-corrected chi connectivity index (χ0v) is 7.85. The molecule has 8 heteroatoms. The van der Waals surface area contributed by atoms with Crippen LogP contribution in [0.4, 0.5) is 5.82 Å². The fourth-order valence-electron chi connectivity index (χ4n) is 1.42. The van der Waals surface area contributed by atoms with Crippen LogP contribution in [-0.2, 0) is 9.84 Å². The standard InChI is InChI=1S/C6H7N3O4S/c10-9(11)6-1-7-4-8(6)5-2-14(12,13)3-5/h1,4-5H,2-3H2. The van der Waals surface area contributed by atoms with Crippen molar-refractivity contribution >= 4 is 15.7 Å². The van der Waals surface area contributed by atoms with Crippen molar-refractivity contribution in [2.24, 2.45) is 0 Å². The van der Waals surface area contributed by atoms with Crippen LogP contribution in [0, 0.1) is 10.1 Å². The van der Waals surface area contributed by atoms with Crippen molar-refractivity contribution in [2.75, 3.05) is 11.5 Å². The van der Waals surface area contributed by atoms with Crippen molar-refractivity contribution in [1.29, 1.82) is 0 Å². The summed E-state index contributed by atoms with van der Waals surface area (Å²) in [6.45, 7) is 0. The first-order chi connectivity index (χ1) is 6.49. The normalized spacial score (nSPS) is 20.3. The minimum Gasteiger partial charge on any atom is -0.358 e. The summed E-state index contributed by atoms with van der Waals surface area (Å²) in [4.78, 5) is 13.5. The second kappa shape index (κ2) is 2.77. The fourth-order valence-corrected chi connectivity index (χ4v) is 2.81. The van der Waals surface area contributed by atoms with Crippen molar-refractivity contribution in [3.05, 3.63) is 22.6 Å². The van der Waals surface area contributed by atoms with Crippen LogP contribution in [0.5, 0.6) is 0 Å². The molecule has 0 aliphatic carbocycles. The molecule has 0 bridgehead atoms. The fraction of sp³-hybridized carbons (Fsp3) is 0.500. The van der Waals surface area contributed by atoms with E-state index in [1.165, 1.54) is 10.9 Å². The number of imidazole rings is 1. The molecule has 7 nitrogen and oxygen atoms in total. The SMILES string of the molecule is O=[N+]([O-])c1cncn1C1CS(=O)(=O)C1. The third-order valence-corrected chi connectivity index (χ3v) is 3.90. The van der Waals surface area contributed by atoms with Gasteiger partial charge >= 0.3 is 5.82 Å². The number of sulfone groups is 1. The van der Waals surface area contributed by atoms with Crippen molar-refractivity contribution in [3.8, 4) is 0 Å². The van der Waals surface area contributed by atoms with E-state index in [0.29, 0.717) is 0 Å². The Balaban J connectivity index is 2.27. The third kappa shape index (κ3) is 1.37. The smallest absolute Gasteiger partial charge is 0.342 e. The monoisotopic (exact) mass is 217 g/mol. The van der Waals surface area contributed by atoms with E-state index in [1.807, 2.05) is 0 Å². The average molecular weight is 217 g/mol. The first kappa shape index (κ1) is 9.13. The predicted molar refractivity (Wildman–Crippen MR) is 46.6 cm³/mol. The Morgan fingerprint density at radius 3 is 2.71 bits per heavy atom. The van der Waals surface area contributed by atoms with Crippen LogP contribution in [0.2, 0.25) is 0 Å². The molecular formula is C6H7N3O4S. The molecule has 0 N–H and O–H groups in total. The van der Waals surface area contributed by atoms with E-state index in [2.05, 4.69) is 4.98 Å². The van der Waals surface area contributed by atoms with Crippen LogP contribution in [0.1, 0.15) is 6.04 Å². The zero-order chi connectivity index (χ0) is 10.3. The molecule has 76 valence electrons. The summed E-state index contributed by atoms with van der Waals surface area (Å²) in [5.74, 6) is -0.237. The van der Waals surface area contributed by atoms with Gasteiger partial charge in [-0.15, -0.1) is 0 Å². The molecule has 14 heavy (non-hydrogen) atoms. The van der Waals surface area contributed by atoms with Gasteiger partial charge in [0.2, 0.25) is 0 Å². The summed E-state index contributed by atoms with van der Waals surface area (Å²) in [6.07, 6.45) is 2.41. The largest absolute Gasteiger partial charge is 0.358 e. The van der Waals surface area contributed by atoms with Crippen LogP contribution in [0.3, 0.4) is 0 Å². The zero-order valence-electron chi connectivity index (χ0n) is 7.03. The van der Waals surface area contributed by atoms with Crippen LogP contribution in [0.25, 0.3) is 0 Å². The number of hydrogen-bond donors (Lipinski definition) is 0. The highest BCUT2D eigenvalue weighted by molar-refractivity contribution is 7.92. The molecule has 0 aromatic carbocycles. The highest BCUT2D eigenvalue weighted by atomic mass is 32.2. The van der Waals surface area contributed by atoms with Gasteiger partial charge in [-0.25, -0.2) is 18.0 Å². The van der Waals surface area contributed by atoms with Gasteiger partial charge in [0.25, 0.3) is 0 Å². The highest BCUT2D eigenvalue weighted by Gasteiger charge is 2.40. The van der Waals surface area contributed by atoms with Crippen molar-refractivity contribution < 1.29 is 13.3 Å². The van der Waals surface area contributed by atoms with Gasteiger partial charge in [0.05, 0.1) is 11.5 Å². The van der Waals surface area contributed by atoms with Crippen LogP contribution in [-0.4, -0.2) is 34.4 Å². The molecule has 2 heterocycles.